The maximum atomic E-state index is 12.7. The Bertz CT molecular complexity index is 1030. The molecule has 27 heavy (non-hydrogen) atoms. The molecule has 3 aromatic rings. The van der Waals surface area contributed by atoms with Gasteiger partial charge in [-0.3, -0.25) is 4.98 Å². The van der Waals surface area contributed by atoms with E-state index in [1.807, 2.05) is 0 Å². The summed E-state index contributed by atoms with van der Waals surface area (Å²) in [6.45, 7) is 2.08. The van der Waals surface area contributed by atoms with Crippen molar-refractivity contribution in [2.24, 2.45) is 5.92 Å². The summed E-state index contributed by atoms with van der Waals surface area (Å²) in [6.07, 6.45) is 7.25. The predicted octanol–water partition coefficient (Wildman–Crippen LogP) is 1.85. The summed E-state index contributed by atoms with van der Waals surface area (Å²) in [5.74, 6) is 0.932. The normalized spacial score (nSPS) is 17.4. The van der Waals surface area contributed by atoms with Crippen LogP contribution in [0.15, 0.2) is 47.9 Å². The third-order valence-electron chi connectivity index (χ3n) is 4.52. The van der Waals surface area contributed by atoms with Crippen LogP contribution < -0.4 is 9.46 Å². The van der Waals surface area contributed by atoms with Crippen molar-refractivity contribution in [2.45, 2.75) is 17.9 Å². The monoisotopic (exact) mass is 388 g/mol. The van der Waals surface area contributed by atoms with Crippen molar-refractivity contribution in [3.63, 3.8) is 0 Å². The molecule has 8 nitrogen and oxygen atoms in total. The summed E-state index contributed by atoms with van der Waals surface area (Å²) >= 11 is 0. The lowest BCUT2D eigenvalue weighted by molar-refractivity contribution is 0.166. The van der Waals surface area contributed by atoms with Crippen LogP contribution in [0.2, 0.25) is 0 Å². The van der Waals surface area contributed by atoms with Crippen molar-refractivity contribution in [2.75, 3.05) is 19.8 Å². The first-order valence-electron chi connectivity index (χ1n) is 8.69. The summed E-state index contributed by atoms with van der Waals surface area (Å²) < 4.78 is 39.3. The zero-order chi connectivity index (χ0) is 18.7. The lowest BCUT2D eigenvalue weighted by atomic mass is 10.1. The molecular weight excluding hydrogens is 368 g/mol. The highest BCUT2D eigenvalue weighted by Crippen LogP contribution is 2.23. The van der Waals surface area contributed by atoms with Gasteiger partial charge in [-0.25, -0.2) is 18.1 Å². The van der Waals surface area contributed by atoms with E-state index in [0.717, 1.165) is 18.6 Å². The van der Waals surface area contributed by atoms with E-state index in [1.54, 1.807) is 36.8 Å². The third-order valence-corrected chi connectivity index (χ3v) is 5.97. The lowest BCUT2D eigenvalue weighted by Gasteiger charge is -2.14. The molecule has 3 aromatic heterocycles. The molecule has 0 amide bonds. The first-order valence-corrected chi connectivity index (χ1v) is 10.2. The van der Waals surface area contributed by atoms with E-state index in [2.05, 4.69) is 19.7 Å². The molecule has 0 aliphatic carbocycles. The Morgan fingerprint density at radius 1 is 1.33 bits per heavy atom. The van der Waals surface area contributed by atoms with Crippen LogP contribution in [-0.4, -0.2) is 43.2 Å². The van der Waals surface area contributed by atoms with Gasteiger partial charge in [0.25, 0.3) is 0 Å². The molecule has 1 aliphatic rings. The van der Waals surface area contributed by atoms with Gasteiger partial charge in [0.2, 0.25) is 10.0 Å². The zero-order valence-corrected chi connectivity index (χ0v) is 15.4. The number of nitrogens with one attached hydrogen (secondary N) is 2. The molecule has 0 bridgehead atoms. The maximum Gasteiger partial charge on any atom is 0.243 e. The summed E-state index contributed by atoms with van der Waals surface area (Å²) in [5, 5.41) is 0.553. The zero-order valence-electron chi connectivity index (χ0n) is 14.6. The molecular formula is C18H20N4O4S. The Kier molecular flexibility index (Phi) is 5.06. The van der Waals surface area contributed by atoms with Crippen LogP contribution in [0.25, 0.3) is 11.0 Å². The molecule has 1 fully saturated rings. The molecule has 2 N–H and O–H groups in total. The molecule has 1 unspecified atom stereocenters. The fourth-order valence-electron chi connectivity index (χ4n) is 3.01. The number of nitrogens with zero attached hydrogens (tertiary/aromatic N) is 2. The van der Waals surface area contributed by atoms with Crippen LogP contribution in [0.5, 0.6) is 5.75 Å². The van der Waals surface area contributed by atoms with E-state index in [-0.39, 0.29) is 11.4 Å². The van der Waals surface area contributed by atoms with E-state index in [1.165, 1.54) is 6.20 Å². The van der Waals surface area contributed by atoms with Crippen LogP contribution in [-0.2, 0) is 21.3 Å². The third kappa shape index (κ3) is 3.95. The summed E-state index contributed by atoms with van der Waals surface area (Å²) in [6, 6.07) is 5.18. The predicted molar refractivity (Wildman–Crippen MR) is 98.8 cm³/mol. The largest absolute Gasteiger partial charge is 0.491 e. The standard InChI is InChI=1S/C18H20N4O4S/c23-27(24,17-10-21-18-15(17)2-1-5-20-18)22-8-14-3-6-19-9-16(14)26-12-13-4-7-25-11-13/h1-3,5-6,9-10,13,22H,4,7-8,11-12H2,(H,20,21). The van der Waals surface area contributed by atoms with E-state index < -0.39 is 10.0 Å². The molecule has 142 valence electrons. The lowest BCUT2D eigenvalue weighted by Crippen LogP contribution is -2.23. The quantitative estimate of drug-likeness (QED) is 0.640. The number of fused-ring (bicyclic) bond motifs is 1. The number of pyridine rings is 2. The van der Waals surface area contributed by atoms with Crippen LogP contribution >= 0.6 is 0 Å². The van der Waals surface area contributed by atoms with Gasteiger partial charge in [-0.05, 0) is 24.6 Å². The van der Waals surface area contributed by atoms with Crippen molar-refractivity contribution in [3.8, 4) is 5.75 Å². The molecule has 9 heteroatoms. The van der Waals surface area contributed by atoms with Crippen LogP contribution in [0.3, 0.4) is 0 Å². The Labute approximate surface area is 157 Å². The fourth-order valence-corrected chi connectivity index (χ4v) is 4.18. The second kappa shape index (κ2) is 7.63. The van der Waals surface area contributed by atoms with Gasteiger partial charge in [0, 0.05) is 48.6 Å². The number of aromatic amines is 1. The Morgan fingerprint density at radius 2 is 2.26 bits per heavy atom. The second-order valence-electron chi connectivity index (χ2n) is 6.40. The summed E-state index contributed by atoms with van der Waals surface area (Å²) in [7, 11) is -3.71. The highest BCUT2D eigenvalue weighted by molar-refractivity contribution is 7.89. The smallest absolute Gasteiger partial charge is 0.243 e. The van der Waals surface area contributed by atoms with E-state index in [0.29, 0.717) is 35.9 Å². The van der Waals surface area contributed by atoms with Crippen molar-refractivity contribution >= 4 is 21.1 Å². The first-order chi connectivity index (χ1) is 13.1. The number of sulfonamides is 1. The van der Waals surface area contributed by atoms with Crippen molar-refractivity contribution in [1.29, 1.82) is 0 Å². The highest BCUT2D eigenvalue weighted by Gasteiger charge is 2.20. The molecule has 1 aliphatic heterocycles. The van der Waals surface area contributed by atoms with Crippen LogP contribution in [0.4, 0.5) is 0 Å². The van der Waals surface area contributed by atoms with Gasteiger partial charge in [-0.15, -0.1) is 0 Å². The molecule has 1 atom stereocenters. The molecule has 4 rings (SSSR count). The first kappa shape index (κ1) is 17.9. The average molecular weight is 388 g/mol. The Morgan fingerprint density at radius 3 is 3.11 bits per heavy atom. The van der Waals surface area contributed by atoms with Crippen LogP contribution in [0.1, 0.15) is 12.0 Å². The Balaban J connectivity index is 1.48. The summed E-state index contributed by atoms with van der Waals surface area (Å²) in [4.78, 5) is 11.3. The van der Waals surface area contributed by atoms with Gasteiger partial charge >= 0.3 is 0 Å². The number of hydrogen-bond acceptors (Lipinski definition) is 6. The van der Waals surface area contributed by atoms with Gasteiger partial charge < -0.3 is 14.5 Å². The number of aromatic nitrogens is 3. The van der Waals surface area contributed by atoms with Gasteiger partial charge in [0.15, 0.2) is 0 Å². The topological polar surface area (TPSA) is 106 Å². The average Bonchev–Trinajstić information content (AvgIpc) is 3.35. The molecule has 0 aromatic carbocycles. The van der Waals surface area contributed by atoms with Gasteiger partial charge in [0.05, 0.1) is 19.4 Å². The van der Waals surface area contributed by atoms with E-state index >= 15 is 0 Å². The minimum Gasteiger partial charge on any atom is -0.491 e. The second-order valence-corrected chi connectivity index (χ2v) is 8.14. The van der Waals surface area contributed by atoms with E-state index in [9.17, 15) is 8.42 Å². The molecule has 1 saturated heterocycles. The number of H-pyrrole nitrogens is 1. The molecule has 0 saturated carbocycles. The number of rotatable bonds is 7. The van der Waals surface area contributed by atoms with Crippen molar-refractivity contribution in [1.82, 2.24) is 19.7 Å². The SMILES string of the molecule is O=S(=O)(NCc1ccncc1OCC1CCOC1)c1c[nH]c2ncccc12. The van der Waals surface area contributed by atoms with Crippen molar-refractivity contribution in [3.05, 3.63) is 48.5 Å². The van der Waals surface area contributed by atoms with Gasteiger partial charge in [-0.1, -0.05) is 0 Å². The minimum absolute atomic E-state index is 0.105. The van der Waals surface area contributed by atoms with Gasteiger partial charge in [0.1, 0.15) is 16.3 Å². The number of hydrogen-bond donors (Lipinski definition) is 2. The van der Waals surface area contributed by atoms with E-state index in [4.69, 9.17) is 9.47 Å². The molecule has 0 radical (unpaired) electrons. The Hall–Kier alpha value is -2.49. The van der Waals surface area contributed by atoms with Crippen molar-refractivity contribution < 1.29 is 17.9 Å². The molecule has 4 heterocycles. The maximum absolute atomic E-state index is 12.7. The fraction of sp³-hybridized carbons (Fsp3) is 0.333. The summed E-state index contributed by atoms with van der Waals surface area (Å²) in [5.41, 5.74) is 1.26. The van der Waals surface area contributed by atoms with Crippen LogP contribution in [0, 0.1) is 5.92 Å². The minimum atomic E-state index is -3.71. The highest BCUT2D eigenvalue weighted by atomic mass is 32.2. The molecule has 0 spiro atoms. The van der Waals surface area contributed by atoms with Gasteiger partial charge in [-0.2, -0.15) is 0 Å². The number of ether oxygens (including phenoxy) is 2.